The summed E-state index contributed by atoms with van der Waals surface area (Å²) in [6.07, 6.45) is 0. The van der Waals surface area contributed by atoms with E-state index in [-0.39, 0.29) is 5.96 Å². The fraction of sp³-hybridized carbons (Fsp3) is 0. The van der Waals surface area contributed by atoms with Crippen LogP contribution in [-0.4, -0.2) is 11.0 Å². The van der Waals surface area contributed by atoms with Gasteiger partial charge in [-0.2, -0.15) is 0 Å². The van der Waals surface area contributed by atoms with Gasteiger partial charge in [-0.15, -0.1) is 0 Å². The Bertz CT molecular complexity index is 350. The van der Waals surface area contributed by atoms with Crippen molar-refractivity contribution in [2.24, 2.45) is 16.7 Å². The summed E-state index contributed by atoms with van der Waals surface area (Å²) in [5.74, 6) is 5.09. The fourth-order valence-corrected chi connectivity index (χ4v) is 0.853. The molecular formula is C7H9N5O2. The van der Waals surface area contributed by atoms with Gasteiger partial charge in [0.15, 0.2) is 5.03 Å². The first-order chi connectivity index (χ1) is 6.61. The summed E-state index contributed by atoms with van der Waals surface area (Å²) in [6.45, 7) is 0. The average molecular weight is 195 g/mol. The number of rotatable bonds is 2. The lowest BCUT2D eigenvalue weighted by atomic mass is 10.3. The van der Waals surface area contributed by atoms with Gasteiger partial charge < -0.3 is 5.73 Å². The maximum absolute atomic E-state index is 10.0. The van der Waals surface area contributed by atoms with Crippen molar-refractivity contribution in [3.8, 4) is 0 Å². The summed E-state index contributed by atoms with van der Waals surface area (Å²) in [7, 11) is 0. The number of hydrazine groups is 1. The lowest BCUT2D eigenvalue weighted by molar-refractivity contribution is -0.485. The molecule has 0 fully saturated rings. The van der Waals surface area contributed by atoms with E-state index >= 15 is 0 Å². The van der Waals surface area contributed by atoms with E-state index in [1.165, 1.54) is 0 Å². The van der Waals surface area contributed by atoms with E-state index in [9.17, 15) is 10.1 Å². The molecule has 0 unspecified atom stereocenters. The van der Waals surface area contributed by atoms with Crippen LogP contribution in [0, 0.1) is 10.1 Å². The number of nitro groups is 1. The minimum absolute atomic E-state index is 0.374. The van der Waals surface area contributed by atoms with Crippen LogP contribution in [0.15, 0.2) is 35.4 Å². The van der Waals surface area contributed by atoms with Crippen molar-refractivity contribution in [2.45, 2.75) is 0 Å². The number of hydrogen-bond donors (Lipinski definition) is 2. The largest absolute Gasteiger partial charge is 0.363 e. The SMILES string of the molecule is NC(=N[N+](=O)[O-])N(N)c1ccccc1. The number of hydrazone groups is 1. The van der Waals surface area contributed by atoms with E-state index in [1.54, 1.807) is 30.3 Å². The third-order valence-electron chi connectivity index (χ3n) is 1.47. The fourth-order valence-electron chi connectivity index (χ4n) is 0.853. The third-order valence-corrected chi connectivity index (χ3v) is 1.47. The zero-order valence-corrected chi connectivity index (χ0v) is 7.20. The van der Waals surface area contributed by atoms with E-state index in [4.69, 9.17) is 11.6 Å². The average Bonchev–Trinajstić information content (AvgIpc) is 2.17. The molecule has 1 aromatic rings. The van der Waals surface area contributed by atoms with E-state index < -0.39 is 5.03 Å². The van der Waals surface area contributed by atoms with Gasteiger partial charge in [-0.05, 0) is 12.1 Å². The van der Waals surface area contributed by atoms with Gasteiger partial charge in [-0.25, -0.2) is 21.0 Å². The van der Waals surface area contributed by atoms with Crippen LogP contribution in [0.1, 0.15) is 0 Å². The minimum atomic E-state index is -0.905. The lowest BCUT2D eigenvalue weighted by Crippen LogP contribution is -2.43. The highest BCUT2D eigenvalue weighted by atomic mass is 16.7. The molecule has 0 aliphatic carbocycles. The Hall–Kier alpha value is -2.15. The first kappa shape index (κ1) is 9.93. The molecule has 0 atom stereocenters. The highest BCUT2D eigenvalue weighted by Crippen LogP contribution is 2.08. The monoisotopic (exact) mass is 195 g/mol. The van der Waals surface area contributed by atoms with Gasteiger partial charge in [0.2, 0.25) is 0 Å². The van der Waals surface area contributed by atoms with Crippen LogP contribution in [0.2, 0.25) is 0 Å². The van der Waals surface area contributed by atoms with Crippen LogP contribution >= 0.6 is 0 Å². The quantitative estimate of drug-likeness (QED) is 0.224. The Morgan fingerprint density at radius 3 is 2.50 bits per heavy atom. The number of para-hydroxylation sites is 1. The molecule has 0 aromatic heterocycles. The van der Waals surface area contributed by atoms with Crippen molar-refractivity contribution < 1.29 is 5.03 Å². The number of hydrogen-bond acceptors (Lipinski definition) is 3. The highest BCUT2D eigenvalue weighted by Gasteiger charge is 2.08. The van der Waals surface area contributed by atoms with Gasteiger partial charge in [0.05, 0.1) is 5.69 Å². The van der Waals surface area contributed by atoms with E-state index in [1.807, 2.05) is 0 Å². The van der Waals surface area contributed by atoms with Gasteiger partial charge in [-0.3, -0.25) is 0 Å². The second-order valence-corrected chi connectivity index (χ2v) is 2.40. The van der Waals surface area contributed by atoms with Crippen molar-refractivity contribution in [3.63, 3.8) is 0 Å². The summed E-state index contributed by atoms with van der Waals surface area (Å²) in [4.78, 5) is 10.0. The molecule has 0 heterocycles. The number of nitrogens with two attached hydrogens (primary N) is 2. The van der Waals surface area contributed by atoms with Crippen LogP contribution < -0.4 is 16.6 Å². The molecule has 1 aromatic carbocycles. The molecule has 0 radical (unpaired) electrons. The molecule has 7 heteroatoms. The third kappa shape index (κ3) is 2.42. The van der Waals surface area contributed by atoms with E-state index in [2.05, 4.69) is 5.10 Å². The van der Waals surface area contributed by atoms with Gasteiger partial charge >= 0.3 is 0 Å². The standard InChI is InChI=1S/C7H9N5O2/c8-7(10-12(13)14)11(9)6-4-2-1-3-5-6/h1-5H,9H2,(H2,8,10). The predicted octanol–water partition coefficient (Wildman–Crippen LogP) is -0.127. The number of nitrogens with zero attached hydrogens (tertiary/aromatic N) is 3. The summed E-state index contributed by atoms with van der Waals surface area (Å²) >= 11 is 0. The van der Waals surface area contributed by atoms with Crippen LogP contribution in [-0.2, 0) is 0 Å². The molecule has 0 spiro atoms. The Labute approximate surface area is 79.7 Å². The molecular weight excluding hydrogens is 186 g/mol. The molecule has 4 N–H and O–H groups in total. The number of anilines is 1. The predicted molar refractivity (Wildman–Crippen MR) is 51.7 cm³/mol. The summed E-state index contributed by atoms with van der Waals surface area (Å²) in [6, 6.07) is 8.56. The zero-order chi connectivity index (χ0) is 10.6. The molecule has 0 aliphatic heterocycles. The molecule has 1 rings (SSSR count). The topological polar surface area (TPSA) is 111 Å². The molecule has 0 aliphatic rings. The molecule has 0 bridgehead atoms. The van der Waals surface area contributed by atoms with Crippen LogP contribution in [0.25, 0.3) is 0 Å². The van der Waals surface area contributed by atoms with Gasteiger partial charge in [0.25, 0.3) is 5.96 Å². The molecule has 0 amide bonds. The van der Waals surface area contributed by atoms with Gasteiger partial charge in [0, 0.05) is 0 Å². The molecule has 7 nitrogen and oxygen atoms in total. The number of benzene rings is 1. The maximum atomic E-state index is 10.0. The van der Waals surface area contributed by atoms with E-state index in [0.29, 0.717) is 5.69 Å². The molecule has 0 saturated carbocycles. The summed E-state index contributed by atoms with van der Waals surface area (Å²) in [5.41, 5.74) is 5.78. The second kappa shape index (κ2) is 4.19. The van der Waals surface area contributed by atoms with Crippen LogP contribution in [0.5, 0.6) is 0 Å². The Kier molecular flexibility index (Phi) is 2.97. The highest BCUT2D eigenvalue weighted by molar-refractivity contribution is 5.93. The van der Waals surface area contributed by atoms with Gasteiger partial charge in [0.1, 0.15) is 5.10 Å². The second-order valence-electron chi connectivity index (χ2n) is 2.40. The van der Waals surface area contributed by atoms with Crippen molar-refractivity contribution in [2.75, 3.05) is 5.01 Å². The Morgan fingerprint density at radius 1 is 1.43 bits per heavy atom. The Morgan fingerprint density at radius 2 is 2.00 bits per heavy atom. The first-order valence-corrected chi connectivity index (χ1v) is 3.69. The van der Waals surface area contributed by atoms with Crippen LogP contribution in [0.4, 0.5) is 5.69 Å². The Balaban J connectivity index is 2.86. The van der Waals surface area contributed by atoms with Crippen molar-refractivity contribution >= 4 is 11.6 Å². The lowest BCUT2D eigenvalue weighted by Gasteiger charge is -2.14. The summed E-state index contributed by atoms with van der Waals surface area (Å²) in [5, 5.41) is 12.9. The van der Waals surface area contributed by atoms with Gasteiger partial charge in [-0.1, -0.05) is 18.2 Å². The van der Waals surface area contributed by atoms with Crippen molar-refractivity contribution in [1.29, 1.82) is 0 Å². The maximum Gasteiger partial charge on any atom is 0.287 e. The van der Waals surface area contributed by atoms with E-state index in [0.717, 1.165) is 5.01 Å². The summed E-state index contributed by atoms with van der Waals surface area (Å²) < 4.78 is 0. The zero-order valence-electron chi connectivity index (χ0n) is 7.20. The normalized spacial score (nSPS) is 11.1. The first-order valence-electron chi connectivity index (χ1n) is 3.69. The molecule has 0 saturated heterocycles. The minimum Gasteiger partial charge on any atom is -0.363 e. The van der Waals surface area contributed by atoms with Crippen LogP contribution in [0.3, 0.4) is 0 Å². The number of guanidine groups is 1. The van der Waals surface area contributed by atoms with Crippen molar-refractivity contribution in [1.82, 2.24) is 0 Å². The molecule has 74 valence electrons. The van der Waals surface area contributed by atoms with Crippen molar-refractivity contribution in [3.05, 3.63) is 40.4 Å². The molecule has 14 heavy (non-hydrogen) atoms. The smallest absolute Gasteiger partial charge is 0.287 e.